The van der Waals surface area contributed by atoms with E-state index >= 15 is 0 Å². The third kappa shape index (κ3) is 5.87. The van der Waals surface area contributed by atoms with E-state index in [1.165, 1.54) is 5.56 Å². The van der Waals surface area contributed by atoms with E-state index in [-0.39, 0.29) is 12.0 Å². The van der Waals surface area contributed by atoms with Gasteiger partial charge in [0.1, 0.15) is 6.61 Å². The Morgan fingerprint density at radius 3 is 2.29 bits per heavy atom. The molecule has 1 aliphatic heterocycles. The van der Waals surface area contributed by atoms with Crippen LogP contribution < -0.4 is 9.47 Å². The minimum atomic E-state index is -0.271. The van der Waals surface area contributed by atoms with Gasteiger partial charge in [-0.3, -0.25) is 4.90 Å². The Balaban J connectivity index is 1.39. The first-order valence-electron chi connectivity index (χ1n) is 11.0. The molecule has 0 amide bonds. The second-order valence-electron chi connectivity index (χ2n) is 8.30. The lowest BCUT2D eigenvalue weighted by atomic mass is 9.88. The summed E-state index contributed by atoms with van der Waals surface area (Å²) in [6.45, 7) is 3.26. The molecule has 1 saturated heterocycles. The van der Waals surface area contributed by atoms with Gasteiger partial charge in [-0.1, -0.05) is 66.7 Å². The van der Waals surface area contributed by atoms with Crippen molar-refractivity contribution < 1.29 is 14.6 Å². The summed E-state index contributed by atoms with van der Waals surface area (Å²) in [6.07, 6.45) is 1.36. The Bertz CT molecular complexity index is 945. The number of methoxy groups -OCH3 is 1. The molecule has 4 heteroatoms. The smallest absolute Gasteiger partial charge is 0.161 e. The van der Waals surface area contributed by atoms with Crippen LogP contribution in [0.5, 0.6) is 11.5 Å². The minimum absolute atomic E-state index is 0.207. The summed E-state index contributed by atoms with van der Waals surface area (Å²) in [7, 11) is 1.67. The highest BCUT2D eigenvalue weighted by atomic mass is 16.5. The Labute approximate surface area is 185 Å². The lowest BCUT2D eigenvalue weighted by Gasteiger charge is -2.36. The van der Waals surface area contributed by atoms with Gasteiger partial charge in [0.15, 0.2) is 11.5 Å². The summed E-state index contributed by atoms with van der Waals surface area (Å²) in [5.41, 5.74) is 3.60. The Morgan fingerprint density at radius 2 is 1.58 bits per heavy atom. The molecular weight excluding hydrogens is 386 g/mol. The molecule has 4 rings (SSSR count). The molecule has 0 spiro atoms. The highest BCUT2D eigenvalue weighted by molar-refractivity contribution is 5.43. The predicted molar refractivity (Wildman–Crippen MR) is 123 cm³/mol. The number of nitrogens with zero attached hydrogens (tertiary/aromatic N) is 1. The zero-order chi connectivity index (χ0) is 21.5. The molecule has 4 nitrogen and oxygen atoms in total. The molecule has 31 heavy (non-hydrogen) atoms. The molecule has 2 unspecified atom stereocenters. The van der Waals surface area contributed by atoms with Gasteiger partial charge < -0.3 is 14.6 Å². The summed E-state index contributed by atoms with van der Waals surface area (Å²) in [6, 6.07) is 26.8. The van der Waals surface area contributed by atoms with E-state index < -0.39 is 0 Å². The van der Waals surface area contributed by atoms with Crippen LogP contribution in [-0.2, 0) is 19.6 Å². The van der Waals surface area contributed by atoms with Crippen LogP contribution >= 0.6 is 0 Å². The van der Waals surface area contributed by atoms with Crippen LogP contribution in [0.15, 0.2) is 78.9 Å². The van der Waals surface area contributed by atoms with Gasteiger partial charge in [-0.25, -0.2) is 0 Å². The fourth-order valence-electron chi connectivity index (χ4n) is 4.28. The molecule has 2 atom stereocenters. The standard InChI is InChI=1S/C27H31NO3/c1-30-27-17-23(12-13-26(27)31-20-22-10-6-3-7-11-22)16-24-19-28(15-14-25(24)29)18-21-8-4-2-5-9-21/h2-13,17,24-25,29H,14-16,18-20H2,1H3. The molecule has 0 bridgehead atoms. The van der Waals surface area contributed by atoms with Gasteiger partial charge >= 0.3 is 0 Å². The molecule has 3 aromatic rings. The van der Waals surface area contributed by atoms with E-state index in [0.717, 1.165) is 55.1 Å². The largest absolute Gasteiger partial charge is 0.493 e. The fraction of sp³-hybridized carbons (Fsp3) is 0.333. The summed E-state index contributed by atoms with van der Waals surface area (Å²) >= 11 is 0. The molecule has 0 aromatic heterocycles. The molecule has 162 valence electrons. The van der Waals surface area contributed by atoms with Gasteiger partial charge in [-0.05, 0) is 41.7 Å². The van der Waals surface area contributed by atoms with Gasteiger partial charge in [-0.15, -0.1) is 0 Å². The third-order valence-electron chi connectivity index (χ3n) is 5.99. The summed E-state index contributed by atoms with van der Waals surface area (Å²) in [4.78, 5) is 2.45. The van der Waals surface area contributed by atoms with Gasteiger partial charge in [0.05, 0.1) is 13.2 Å². The van der Waals surface area contributed by atoms with E-state index in [1.807, 2.05) is 48.5 Å². The number of hydrogen-bond acceptors (Lipinski definition) is 4. The summed E-state index contributed by atoms with van der Waals surface area (Å²) in [5, 5.41) is 10.6. The van der Waals surface area contributed by atoms with Crippen molar-refractivity contribution in [1.82, 2.24) is 4.90 Å². The molecule has 3 aromatic carbocycles. The molecule has 0 saturated carbocycles. The van der Waals surface area contributed by atoms with Gasteiger partial charge in [-0.2, -0.15) is 0 Å². The third-order valence-corrected chi connectivity index (χ3v) is 5.99. The van der Waals surface area contributed by atoms with E-state index in [9.17, 15) is 5.11 Å². The van der Waals surface area contributed by atoms with Crippen molar-refractivity contribution >= 4 is 0 Å². The van der Waals surface area contributed by atoms with Crippen molar-refractivity contribution in [3.8, 4) is 11.5 Å². The van der Waals surface area contributed by atoms with Crippen molar-refractivity contribution in [2.75, 3.05) is 20.2 Å². The van der Waals surface area contributed by atoms with Gasteiger partial charge in [0, 0.05) is 25.6 Å². The van der Waals surface area contributed by atoms with E-state index in [4.69, 9.17) is 9.47 Å². The number of ether oxygens (including phenoxy) is 2. The number of aliphatic hydroxyl groups excluding tert-OH is 1. The first-order chi connectivity index (χ1) is 15.2. The van der Waals surface area contributed by atoms with Crippen LogP contribution in [0.25, 0.3) is 0 Å². The number of benzene rings is 3. The first kappa shape index (κ1) is 21.4. The van der Waals surface area contributed by atoms with E-state index in [0.29, 0.717) is 6.61 Å². The normalized spacial score (nSPS) is 19.2. The zero-order valence-electron chi connectivity index (χ0n) is 18.1. The minimum Gasteiger partial charge on any atom is -0.493 e. The average Bonchev–Trinajstić information content (AvgIpc) is 2.81. The zero-order valence-corrected chi connectivity index (χ0v) is 18.1. The summed E-state index contributed by atoms with van der Waals surface area (Å²) < 4.78 is 11.6. The maximum atomic E-state index is 10.6. The van der Waals surface area contributed by atoms with Crippen molar-refractivity contribution in [3.63, 3.8) is 0 Å². The Hall–Kier alpha value is -2.82. The van der Waals surface area contributed by atoms with Crippen molar-refractivity contribution in [2.24, 2.45) is 5.92 Å². The molecule has 0 radical (unpaired) electrons. The topological polar surface area (TPSA) is 41.9 Å². The summed E-state index contributed by atoms with van der Waals surface area (Å²) in [5.74, 6) is 1.68. The van der Waals surface area contributed by atoms with Crippen LogP contribution in [0, 0.1) is 5.92 Å². The molecule has 1 N–H and O–H groups in total. The van der Waals surface area contributed by atoms with Crippen molar-refractivity contribution in [1.29, 1.82) is 0 Å². The highest BCUT2D eigenvalue weighted by Crippen LogP contribution is 2.31. The van der Waals surface area contributed by atoms with Crippen LogP contribution in [0.2, 0.25) is 0 Å². The molecular formula is C27H31NO3. The molecule has 0 aliphatic carbocycles. The highest BCUT2D eigenvalue weighted by Gasteiger charge is 2.28. The van der Waals surface area contributed by atoms with Gasteiger partial charge in [0.25, 0.3) is 0 Å². The Morgan fingerprint density at radius 1 is 0.871 bits per heavy atom. The van der Waals surface area contributed by atoms with Crippen LogP contribution in [-0.4, -0.2) is 36.3 Å². The molecule has 1 fully saturated rings. The lowest BCUT2D eigenvalue weighted by Crippen LogP contribution is -2.43. The predicted octanol–water partition coefficient (Wildman–Crippen LogP) is 4.70. The monoisotopic (exact) mass is 417 g/mol. The quantitative estimate of drug-likeness (QED) is 0.577. The van der Waals surface area contributed by atoms with E-state index in [2.05, 4.69) is 35.2 Å². The van der Waals surface area contributed by atoms with Crippen molar-refractivity contribution in [3.05, 3.63) is 95.6 Å². The second kappa shape index (κ2) is 10.5. The molecule has 1 heterocycles. The number of hydrogen-bond donors (Lipinski definition) is 1. The van der Waals surface area contributed by atoms with Crippen molar-refractivity contribution in [2.45, 2.75) is 32.1 Å². The fourth-order valence-corrected chi connectivity index (χ4v) is 4.28. The number of rotatable bonds is 8. The van der Waals surface area contributed by atoms with Crippen LogP contribution in [0.4, 0.5) is 0 Å². The maximum Gasteiger partial charge on any atom is 0.161 e. The lowest BCUT2D eigenvalue weighted by molar-refractivity contribution is 0.0239. The van der Waals surface area contributed by atoms with E-state index in [1.54, 1.807) is 7.11 Å². The number of likely N-dealkylation sites (tertiary alicyclic amines) is 1. The number of aliphatic hydroxyl groups is 1. The SMILES string of the molecule is COc1cc(CC2CN(Cc3ccccc3)CCC2O)ccc1OCc1ccccc1. The van der Waals surface area contributed by atoms with Gasteiger partial charge in [0.2, 0.25) is 0 Å². The van der Waals surface area contributed by atoms with Crippen LogP contribution in [0.1, 0.15) is 23.1 Å². The van der Waals surface area contributed by atoms with Crippen LogP contribution in [0.3, 0.4) is 0 Å². The first-order valence-corrected chi connectivity index (χ1v) is 11.0. The maximum absolute atomic E-state index is 10.6. The Kier molecular flexibility index (Phi) is 7.23. The number of piperidine rings is 1. The molecule has 1 aliphatic rings. The second-order valence-corrected chi connectivity index (χ2v) is 8.30. The average molecular weight is 418 g/mol.